The van der Waals surface area contributed by atoms with E-state index in [2.05, 4.69) is 17.1 Å². The van der Waals surface area contributed by atoms with Crippen LogP contribution in [-0.4, -0.2) is 36.9 Å². The number of hydrogen-bond acceptors (Lipinski definition) is 3. The zero-order chi connectivity index (χ0) is 8.27. The summed E-state index contributed by atoms with van der Waals surface area (Å²) in [6.45, 7) is 6.05. The molecule has 1 aliphatic rings. The molecular formula is C8H16N2O. The van der Waals surface area contributed by atoms with Gasteiger partial charge in [0.1, 0.15) is 6.10 Å². The van der Waals surface area contributed by atoms with Gasteiger partial charge in [0, 0.05) is 19.5 Å². The van der Waals surface area contributed by atoms with Gasteiger partial charge in [-0.15, -0.1) is 0 Å². The molecule has 0 radical (unpaired) electrons. The fraction of sp³-hybridized carbons (Fsp3) is 0.875. The molecule has 11 heavy (non-hydrogen) atoms. The Morgan fingerprint density at radius 3 is 2.73 bits per heavy atom. The SMILES string of the molecule is CC(C)O/N=C1/CCN(C)C1. The van der Waals surface area contributed by atoms with Crippen molar-refractivity contribution in [3.63, 3.8) is 0 Å². The summed E-state index contributed by atoms with van der Waals surface area (Å²) >= 11 is 0. The molecule has 0 unspecified atom stereocenters. The summed E-state index contributed by atoms with van der Waals surface area (Å²) in [5.41, 5.74) is 1.17. The van der Waals surface area contributed by atoms with E-state index in [-0.39, 0.29) is 6.10 Å². The Kier molecular flexibility index (Phi) is 2.88. The van der Waals surface area contributed by atoms with Crippen LogP contribution >= 0.6 is 0 Å². The third-order valence-corrected chi connectivity index (χ3v) is 1.63. The molecule has 1 rings (SSSR count). The normalized spacial score (nSPS) is 23.5. The molecule has 3 heteroatoms. The summed E-state index contributed by atoms with van der Waals surface area (Å²) < 4.78 is 0. The molecule has 1 fully saturated rings. The minimum atomic E-state index is 0.202. The van der Waals surface area contributed by atoms with Gasteiger partial charge in [0.25, 0.3) is 0 Å². The van der Waals surface area contributed by atoms with Crippen molar-refractivity contribution < 1.29 is 4.84 Å². The Bertz CT molecular complexity index is 154. The van der Waals surface area contributed by atoms with Gasteiger partial charge >= 0.3 is 0 Å². The molecule has 0 amide bonds. The summed E-state index contributed by atoms with van der Waals surface area (Å²) in [6.07, 6.45) is 1.26. The molecule has 0 aromatic rings. The maximum atomic E-state index is 5.14. The fourth-order valence-electron chi connectivity index (χ4n) is 1.04. The van der Waals surface area contributed by atoms with Crippen LogP contribution in [-0.2, 0) is 4.84 Å². The lowest BCUT2D eigenvalue weighted by atomic mass is 10.3. The van der Waals surface area contributed by atoms with Gasteiger partial charge in [-0.25, -0.2) is 0 Å². The second-order valence-electron chi connectivity index (χ2n) is 3.30. The van der Waals surface area contributed by atoms with Crippen molar-refractivity contribution >= 4 is 5.71 Å². The van der Waals surface area contributed by atoms with E-state index in [1.807, 2.05) is 13.8 Å². The summed E-state index contributed by atoms with van der Waals surface area (Å²) in [5, 5.41) is 4.05. The first kappa shape index (κ1) is 8.53. The first-order chi connectivity index (χ1) is 5.18. The highest BCUT2D eigenvalue weighted by molar-refractivity contribution is 5.87. The standard InChI is InChI=1S/C8H16N2O/c1-7(2)11-9-8-4-5-10(3)6-8/h7H,4-6H2,1-3H3/b9-8-. The number of oxime groups is 1. The Labute approximate surface area is 68.0 Å². The van der Waals surface area contributed by atoms with E-state index in [1.54, 1.807) is 0 Å². The Morgan fingerprint density at radius 2 is 2.27 bits per heavy atom. The summed E-state index contributed by atoms with van der Waals surface area (Å²) in [7, 11) is 2.10. The van der Waals surface area contributed by atoms with Crippen molar-refractivity contribution in [1.82, 2.24) is 4.90 Å². The third-order valence-electron chi connectivity index (χ3n) is 1.63. The summed E-state index contributed by atoms with van der Waals surface area (Å²) in [4.78, 5) is 7.37. The molecule has 1 saturated heterocycles. The molecular weight excluding hydrogens is 140 g/mol. The van der Waals surface area contributed by atoms with Crippen LogP contribution in [0.15, 0.2) is 5.16 Å². The number of rotatable bonds is 2. The number of nitrogens with zero attached hydrogens (tertiary/aromatic N) is 2. The summed E-state index contributed by atoms with van der Waals surface area (Å²) in [5.74, 6) is 0. The van der Waals surface area contributed by atoms with Crippen molar-refractivity contribution in [3.8, 4) is 0 Å². The maximum absolute atomic E-state index is 5.14. The first-order valence-electron chi connectivity index (χ1n) is 4.08. The van der Waals surface area contributed by atoms with Crippen molar-refractivity contribution in [3.05, 3.63) is 0 Å². The molecule has 0 bridgehead atoms. The van der Waals surface area contributed by atoms with E-state index < -0.39 is 0 Å². The largest absolute Gasteiger partial charge is 0.393 e. The molecule has 1 heterocycles. The van der Waals surface area contributed by atoms with Crippen molar-refractivity contribution in [1.29, 1.82) is 0 Å². The lowest BCUT2D eigenvalue weighted by Gasteiger charge is -2.04. The topological polar surface area (TPSA) is 24.8 Å². The zero-order valence-corrected chi connectivity index (χ0v) is 7.50. The second kappa shape index (κ2) is 3.72. The second-order valence-corrected chi connectivity index (χ2v) is 3.30. The number of hydrogen-bond donors (Lipinski definition) is 0. The predicted molar refractivity (Wildman–Crippen MR) is 45.8 cm³/mol. The highest BCUT2D eigenvalue weighted by atomic mass is 16.6. The van der Waals surface area contributed by atoms with Gasteiger partial charge in [-0.1, -0.05) is 5.16 Å². The van der Waals surface area contributed by atoms with Crippen molar-refractivity contribution in [2.75, 3.05) is 20.1 Å². The maximum Gasteiger partial charge on any atom is 0.122 e. The van der Waals surface area contributed by atoms with Gasteiger partial charge in [0.2, 0.25) is 0 Å². The van der Waals surface area contributed by atoms with Crippen LogP contribution < -0.4 is 0 Å². The molecule has 3 nitrogen and oxygen atoms in total. The van der Waals surface area contributed by atoms with Crippen LogP contribution in [0.25, 0.3) is 0 Å². The molecule has 0 spiro atoms. The Morgan fingerprint density at radius 1 is 1.55 bits per heavy atom. The molecule has 0 aromatic heterocycles. The van der Waals surface area contributed by atoms with Gasteiger partial charge in [-0.2, -0.15) is 0 Å². The lowest BCUT2D eigenvalue weighted by Crippen LogP contribution is -2.14. The molecule has 0 aliphatic carbocycles. The van der Waals surface area contributed by atoms with E-state index in [9.17, 15) is 0 Å². The van der Waals surface area contributed by atoms with Crippen LogP contribution in [0.1, 0.15) is 20.3 Å². The molecule has 1 aliphatic heterocycles. The minimum Gasteiger partial charge on any atom is -0.393 e. The van der Waals surface area contributed by atoms with Crippen molar-refractivity contribution in [2.24, 2.45) is 5.16 Å². The van der Waals surface area contributed by atoms with Crippen LogP contribution in [0.3, 0.4) is 0 Å². The summed E-state index contributed by atoms with van der Waals surface area (Å²) in [6, 6.07) is 0. The zero-order valence-electron chi connectivity index (χ0n) is 7.50. The molecule has 0 saturated carbocycles. The number of likely N-dealkylation sites (tertiary alicyclic amines) is 1. The average molecular weight is 156 g/mol. The van der Waals surface area contributed by atoms with Crippen LogP contribution in [0.5, 0.6) is 0 Å². The average Bonchev–Trinajstić information content (AvgIpc) is 2.31. The monoisotopic (exact) mass is 156 g/mol. The van der Waals surface area contributed by atoms with Gasteiger partial charge < -0.3 is 9.74 Å². The van der Waals surface area contributed by atoms with E-state index in [0.717, 1.165) is 19.5 Å². The quantitative estimate of drug-likeness (QED) is 0.559. The Balaban J connectivity index is 2.30. The van der Waals surface area contributed by atoms with Crippen molar-refractivity contribution in [2.45, 2.75) is 26.4 Å². The van der Waals surface area contributed by atoms with E-state index in [1.165, 1.54) is 5.71 Å². The van der Waals surface area contributed by atoms with Crippen LogP contribution in [0.4, 0.5) is 0 Å². The van der Waals surface area contributed by atoms with E-state index in [0.29, 0.717) is 0 Å². The highest BCUT2D eigenvalue weighted by Gasteiger charge is 2.13. The molecule has 64 valence electrons. The Hall–Kier alpha value is -0.570. The van der Waals surface area contributed by atoms with E-state index in [4.69, 9.17) is 4.84 Å². The molecule has 0 N–H and O–H groups in total. The van der Waals surface area contributed by atoms with Crippen LogP contribution in [0, 0.1) is 0 Å². The predicted octanol–water partition coefficient (Wildman–Crippen LogP) is 1.10. The molecule has 0 atom stereocenters. The van der Waals surface area contributed by atoms with Gasteiger partial charge in [0.05, 0.1) is 5.71 Å². The fourth-order valence-corrected chi connectivity index (χ4v) is 1.04. The minimum absolute atomic E-state index is 0.202. The highest BCUT2D eigenvalue weighted by Crippen LogP contribution is 2.03. The van der Waals surface area contributed by atoms with Gasteiger partial charge in [0.15, 0.2) is 0 Å². The third kappa shape index (κ3) is 2.89. The van der Waals surface area contributed by atoms with Gasteiger partial charge in [-0.05, 0) is 20.9 Å². The van der Waals surface area contributed by atoms with E-state index >= 15 is 0 Å². The molecule has 0 aromatic carbocycles. The smallest absolute Gasteiger partial charge is 0.122 e. The first-order valence-corrected chi connectivity index (χ1v) is 4.08. The van der Waals surface area contributed by atoms with Gasteiger partial charge in [-0.3, -0.25) is 0 Å². The van der Waals surface area contributed by atoms with Crippen LogP contribution in [0.2, 0.25) is 0 Å². The lowest BCUT2D eigenvalue weighted by molar-refractivity contribution is 0.0853.